The fourth-order valence-corrected chi connectivity index (χ4v) is 5.33. The van der Waals surface area contributed by atoms with E-state index in [2.05, 4.69) is 9.88 Å². The van der Waals surface area contributed by atoms with Gasteiger partial charge in [0.2, 0.25) is 5.91 Å². The fourth-order valence-electron chi connectivity index (χ4n) is 5.33. The van der Waals surface area contributed by atoms with Crippen molar-refractivity contribution in [1.29, 1.82) is 0 Å². The van der Waals surface area contributed by atoms with Crippen LogP contribution in [0.1, 0.15) is 49.8 Å². The van der Waals surface area contributed by atoms with Crippen LogP contribution in [-0.4, -0.2) is 81.9 Å². The van der Waals surface area contributed by atoms with E-state index in [9.17, 15) is 19.8 Å². The number of likely N-dealkylation sites (tertiary alicyclic amines) is 1. The third-order valence-corrected chi connectivity index (χ3v) is 7.77. The van der Waals surface area contributed by atoms with Crippen molar-refractivity contribution in [3.05, 3.63) is 66.0 Å². The molecule has 2 aliphatic heterocycles. The molecular formula is C29H39N3O5. The minimum atomic E-state index is -1.18. The lowest BCUT2D eigenvalue weighted by atomic mass is 9.74. The van der Waals surface area contributed by atoms with E-state index in [1.54, 1.807) is 11.1 Å². The largest absolute Gasteiger partial charge is 0.462 e. The van der Waals surface area contributed by atoms with Crippen LogP contribution in [-0.2, 0) is 27.3 Å². The number of benzene rings is 1. The number of cyclic esters (lactones) is 1. The van der Waals surface area contributed by atoms with Gasteiger partial charge in [-0.05, 0) is 62.9 Å². The summed E-state index contributed by atoms with van der Waals surface area (Å²) in [5.41, 5.74) is 1.35. The van der Waals surface area contributed by atoms with E-state index in [1.165, 1.54) is 0 Å². The highest BCUT2D eigenvalue weighted by atomic mass is 16.5. The monoisotopic (exact) mass is 509 g/mol. The van der Waals surface area contributed by atoms with Gasteiger partial charge in [0, 0.05) is 25.8 Å². The standard InChI is InChI=1S/C29H39N3O5/c33-25-11-17-32(27(35)20-23-8-2-1-3-9-23)16-7-5-12-29(28(36)37-22-26(25)34)13-18-31(19-14-29)21-24-10-4-6-15-30-24/h1-4,6,8-10,15,25-26,33-34H,5,7,11-14,16-22H2/t25-,26+/m0/s1. The number of carbonyl (C=O) groups excluding carboxylic acids is 2. The molecule has 0 saturated carbocycles. The van der Waals surface area contributed by atoms with Gasteiger partial charge in [0.15, 0.2) is 0 Å². The van der Waals surface area contributed by atoms with E-state index in [1.807, 2.05) is 48.5 Å². The van der Waals surface area contributed by atoms with Crippen molar-refractivity contribution >= 4 is 11.9 Å². The first kappa shape index (κ1) is 27.2. The molecule has 37 heavy (non-hydrogen) atoms. The molecule has 2 aliphatic rings. The van der Waals surface area contributed by atoms with Crippen molar-refractivity contribution in [2.45, 2.75) is 63.7 Å². The number of aliphatic hydroxyl groups excluding tert-OH is 2. The summed E-state index contributed by atoms with van der Waals surface area (Å²) in [5.74, 6) is -0.278. The number of hydrogen-bond acceptors (Lipinski definition) is 7. The SMILES string of the molecule is O=C(Cc1ccccc1)N1CCCCC2(CCN(Cc3ccccn3)CC2)C(=O)OC[C@@H](O)[C@@H](O)CC1. The van der Waals surface area contributed by atoms with Gasteiger partial charge in [0.25, 0.3) is 0 Å². The topological polar surface area (TPSA) is 103 Å². The van der Waals surface area contributed by atoms with Crippen LogP contribution in [0.4, 0.5) is 0 Å². The molecule has 200 valence electrons. The smallest absolute Gasteiger partial charge is 0.312 e. The van der Waals surface area contributed by atoms with Crippen LogP contribution in [0.15, 0.2) is 54.7 Å². The Hall–Kier alpha value is -2.81. The van der Waals surface area contributed by atoms with Crippen molar-refractivity contribution in [3.63, 3.8) is 0 Å². The van der Waals surface area contributed by atoms with Crippen LogP contribution in [0.25, 0.3) is 0 Å². The van der Waals surface area contributed by atoms with Crippen LogP contribution >= 0.6 is 0 Å². The van der Waals surface area contributed by atoms with Crippen molar-refractivity contribution in [3.8, 4) is 0 Å². The van der Waals surface area contributed by atoms with E-state index in [0.717, 1.165) is 43.7 Å². The highest BCUT2D eigenvalue weighted by molar-refractivity contribution is 5.79. The minimum absolute atomic E-state index is 0.00707. The number of esters is 1. The second-order valence-electron chi connectivity index (χ2n) is 10.4. The third-order valence-electron chi connectivity index (χ3n) is 7.77. The molecular weight excluding hydrogens is 470 g/mol. The van der Waals surface area contributed by atoms with Gasteiger partial charge in [-0.25, -0.2) is 0 Å². The molecule has 8 nitrogen and oxygen atoms in total. The number of aromatic nitrogens is 1. The molecule has 4 rings (SSSR count). The molecule has 2 atom stereocenters. The van der Waals surface area contributed by atoms with E-state index in [-0.39, 0.29) is 24.9 Å². The Morgan fingerprint density at radius 2 is 1.70 bits per heavy atom. The van der Waals surface area contributed by atoms with E-state index >= 15 is 0 Å². The Labute approximate surface area is 219 Å². The van der Waals surface area contributed by atoms with Gasteiger partial charge in [-0.15, -0.1) is 0 Å². The molecule has 1 amide bonds. The van der Waals surface area contributed by atoms with Crippen molar-refractivity contribution in [2.75, 3.05) is 32.8 Å². The molecule has 0 unspecified atom stereocenters. The zero-order valence-electron chi connectivity index (χ0n) is 21.5. The predicted molar refractivity (Wildman–Crippen MR) is 139 cm³/mol. The number of ether oxygens (including phenoxy) is 1. The van der Waals surface area contributed by atoms with Gasteiger partial charge in [-0.2, -0.15) is 0 Å². The molecule has 3 heterocycles. The average Bonchev–Trinajstić information content (AvgIpc) is 2.93. The van der Waals surface area contributed by atoms with Crippen LogP contribution in [0, 0.1) is 5.41 Å². The zero-order chi connectivity index (χ0) is 26.1. The molecule has 1 aromatic heterocycles. The van der Waals surface area contributed by atoms with Crippen LogP contribution in [0.3, 0.4) is 0 Å². The molecule has 2 fully saturated rings. The van der Waals surface area contributed by atoms with Gasteiger partial charge in [-0.3, -0.25) is 19.5 Å². The summed E-state index contributed by atoms with van der Waals surface area (Å²) >= 11 is 0. The van der Waals surface area contributed by atoms with Gasteiger partial charge >= 0.3 is 5.97 Å². The highest BCUT2D eigenvalue weighted by Gasteiger charge is 2.42. The molecule has 2 aromatic rings. The van der Waals surface area contributed by atoms with Crippen LogP contribution < -0.4 is 0 Å². The molecule has 2 saturated heterocycles. The number of rotatable bonds is 4. The first-order chi connectivity index (χ1) is 17.9. The Balaban J connectivity index is 1.40. The Morgan fingerprint density at radius 1 is 0.946 bits per heavy atom. The van der Waals surface area contributed by atoms with E-state index < -0.39 is 17.6 Å². The number of hydrogen-bond donors (Lipinski definition) is 2. The minimum Gasteiger partial charge on any atom is -0.462 e. The number of aliphatic hydroxyl groups is 2. The average molecular weight is 510 g/mol. The van der Waals surface area contributed by atoms with Crippen molar-refractivity contribution in [2.24, 2.45) is 5.41 Å². The summed E-state index contributed by atoms with van der Waals surface area (Å²) < 4.78 is 5.58. The highest BCUT2D eigenvalue weighted by Crippen LogP contribution is 2.38. The number of nitrogens with zero attached hydrogens (tertiary/aromatic N) is 3. The predicted octanol–water partition coefficient (Wildman–Crippen LogP) is 2.57. The molecule has 0 radical (unpaired) electrons. The second kappa shape index (κ2) is 13.1. The second-order valence-corrected chi connectivity index (χ2v) is 10.4. The van der Waals surface area contributed by atoms with Crippen LogP contribution in [0.2, 0.25) is 0 Å². The molecule has 1 aromatic carbocycles. The number of carbonyl (C=O) groups is 2. The summed E-state index contributed by atoms with van der Waals surface area (Å²) in [6.45, 7) is 2.95. The van der Waals surface area contributed by atoms with Gasteiger partial charge in [0.1, 0.15) is 12.7 Å². The first-order valence-corrected chi connectivity index (χ1v) is 13.4. The number of amides is 1. The van der Waals surface area contributed by atoms with Gasteiger partial charge in [-0.1, -0.05) is 42.8 Å². The summed E-state index contributed by atoms with van der Waals surface area (Å²) in [7, 11) is 0. The summed E-state index contributed by atoms with van der Waals surface area (Å²) in [6, 6.07) is 15.5. The van der Waals surface area contributed by atoms with Gasteiger partial charge in [0.05, 0.1) is 23.6 Å². The summed E-state index contributed by atoms with van der Waals surface area (Å²) in [6.07, 6.45) is 3.67. The molecule has 8 heteroatoms. The Bertz CT molecular complexity index is 995. The van der Waals surface area contributed by atoms with E-state index in [0.29, 0.717) is 38.8 Å². The first-order valence-electron chi connectivity index (χ1n) is 13.4. The fraction of sp³-hybridized carbons (Fsp3) is 0.552. The maximum atomic E-state index is 13.3. The zero-order valence-corrected chi connectivity index (χ0v) is 21.5. The lowest BCUT2D eigenvalue weighted by Crippen LogP contribution is -2.46. The number of pyridine rings is 1. The van der Waals surface area contributed by atoms with E-state index in [4.69, 9.17) is 4.74 Å². The maximum Gasteiger partial charge on any atom is 0.312 e. The van der Waals surface area contributed by atoms with Gasteiger partial charge < -0.3 is 19.8 Å². The third kappa shape index (κ3) is 7.60. The summed E-state index contributed by atoms with van der Waals surface area (Å²) in [4.78, 5) is 34.9. The molecule has 2 N–H and O–H groups in total. The van der Waals surface area contributed by atoms with Crippen molar-refractivity contribution in [1.82, 2.24) is 14.8 Å². The molecule has 0 aliphatic carbocycles. The van der Waals surface area contributed by atoms with Crippen LogP contribution in [0.5, 0.6) is 0 Å². The molecule has 0 bridgehead atoms. The summed E-state index contributed by atoms with van der Waals surface area (Å²) in [5, 5.41) is 20.9. The molecule has 1 spiro atoms. The Kier molecular flexibility index (Phi) is 9.66. The lowest BCUT2D eigenvalue weighted by Gasteiger charge is -2.40. The lowest BCUT2D eigenvalue weighted by molar-refractivity contribution is -0.165. The Morgan fingerprint density at radius 3 is 2.43 bits per heavy atom. The van der Waals surface area contributed by atoms with Crippen molar-refractivity contribution < 1.29 is 24.5 Å². The number of piperidine rings is 1. The quantitative estimate of drug-likeness (QED) is 0.611. The maximum absolute atomic E-state index is 13.3. The normalized spacial score (nSPS) is 23.9.